The molecule has 0 unspecified atom stereocenters. The van der Waals surface area contributed by atoms with Crippen LogP contribution in [0.2, 0.25) is 0 Å². The maximum atomic E-state index is 12.3. The molecule has 1 aliphatic heterocycles. The molecule has 0 aliphatic carbocycles. The summed E-state index contributed by atoms with van der Waals surface area (Å²) in [6.07, 6.45) is 3.71. The molecule has 2 amide bonds. The summed E-state index contributed by atoms with van der Waals surface area (Å²) in [4.78, 5) is 26.6. The van der Waals surface area contributed by atoms with Crippen LogP contribution in [0.4, 0.5) is 5.69 Å². The van der Waals surface area contributed by atoms with E-state index in [-0.39, 0.29) is 11.8 Å². The zero-order valence-electron chi connectivity index (χ0n) is 18.5. The zero-order chi connectivity index (χ0) is 22.6. The molecule has 2 N–H and O–H groups in total. The summed E-state index contributed by atoms with van der Waals surface area (Å²) in [5.74, 6) is 0.608. The Kier molecular flexibility index (Phi) is 9.28. The Morgan fingerprint density at radius 1 is 1.12 bits per heavy atom. The molecule has 1 fully saturated rings. The van der Waals surface area contributed by atoms with Crippen molar-refractivity contribution >= 4 is 23.6 Å². The summed E-state index contributed by atoms with van der Waals surface area (Å²) < 4.78 is 10.7. The van der Waals surface area contributed by atoms with Gasteiger partial charge in [-0.05, 0) is 48.4 Å². The molecule has 0 atom stereocenters. The third-order valence-electron chi connectivity index (χ3n) is 5.05. The first-order valence-electron chi connectivity index (χ1n) is 11.0. The molecule has 1 heterocycles. The lowest BCUT2D eigenvalue weighted by Gasteiger charge is -2.26. The highest BCUT2D eigenvalue weighted by Gasteiger charge is 2.12. The fourth-order valence-electron chi connectivity index (χ4n) is 3.33. The number of nitrogens with zero attached hydrogens (tertiary/aromatic N) is 1. The highest BCUT2D eigenvalue weighted by Crippen LogP contribution is 2.13. The van der Waals surface area contributed by atoms with E-state index in [1.165, 1.54) is 6.08 Å². The minimum Gasteiger partial charge on any atom is -0.494 e. The lowest BCUT2D eigenvalue weighted by molar-refractivity contribution is -0.117. The van der Waals surface area contributed by atoms with Crippen molar-refractivity contribution in [3.8, 4) is 5.75 Å². The fourth-order valence-corrected chi connectivity index (χ4v) is 3.33. The maximum Gasteiger partial charge on any atom is 0.244 e. The van der Waals surface area contributed by atoms with Crippen LogP contribution in [0.15, 0.2) is 54.6 Å². The van der Waals surface area contributed by atoms with E-state index in [9.17, 15) is 9.59 Å². The van der Waals surface area contributed by atoms with Crippen LogP contribution in [0.25, 0.3) is 6.08 Å². The van der Waals surface area contributed by atoms with Gasteiger partial charge >= 0.3 is 0 Å². The molecule has 3 rings (SSSR count). The molecule has 0 aromatic heterocycles. The summed E-state index contributed by atoms with van der Waals surface area (Å²) in [6.45, 7) is 6.86. The van der Waals surface area contributed by atoms with Gasteiger partial charge < -0.3 is 20.1 Å². The van der Waals surface area contributed by atoms with E-state index in [4.69, 9.17) is 9.47 Å². The molecule has 32 heavy (non-hydrogen) atoms. The minimum absolute atomic E-state index is 0.0176. The molecule has 0 radical (unpaired) electrons. The molecule has 170 valence electrons. The largest absolute Gasteiger partial charge is 0.494 e. The molecule has 0 saturated carbocycles. The number of ether oxygens (including phenoxy) is 2. The van der Waals surface area contributed by atoms with Crippen molar-refractivity contribution in [3.63, 3.8) is 0 Å². The van der Waals surface area contributed by atoms with E-state index in [1.54, 1.807) is 6.08 Å². The topological polar surface area (TPSA) is 79.9 Å². The van der Waals surface area contributed by atoms with Gasteiger partial charge in [-0.2, -0.15) is 0 Å². The van der Waals surface area contributed by atoms with Gasteiger partial charge in [-0.25, -0.2) is 0 Å². The number of hydrogen-bond donors (Lipinski definition) is 2. The van der Waals surface area contributed by atoms with Crippen LogP contribution in [0.3, 0.4) is 0 Å². The molecule has 7 heteroatoms. The minimum atomic E-state index is -0.182. The van der Waals surface area contributed by atoms with Gasteiger partial charge in [0.05, 0.1) is 19.8 Å². The van der Waals surface area contributed by atoms with Crippen molar-refractivity contribution in [2.24, 2.45) is 0 Å². The van der Waals surface area contributed by atoms with Crippen molar-refractivity contribution in [1.29, 1.82) is 0 Å². The van der Waals surface area contributed by atoms with Gasteiger partial charge in [-0.15, -0.1) is 0 Å². The lowest BCUT2D eigenvalue weighted by Crippen LogP contribution is -2.38. The first kappa shape index (κ1) is 23.5. The van der Waals surface area contributed by atoms with Crippen molar-refractivity contribution in [2.75, 3.05) is 44.8 Å². The van der Waals surface area contributed by atoms with E-state index in [0.717, 1.165) is 55.4 Å². The summed E-state index contributed by atoms with van der Waals surface area (Å²) in [5, 5.41) is 5.80. The van der Waals surface area contributed by atoms with Gasteiger partial charge in [0.25, 0.3) is 0 Å². The molecule has 0 spiro atoms. The quantitative estimate of drug-likeness (QED) is 0.559. The highest BCUT2D eigenvalue weighted by atomic mass is 16.5. The average molecular weight is 438 g/mol. The third kappa shape index (κ3) is 8.17. The maximum absolute atomic E-state index is 12.3. The molecule has 1 aliphatic rings. The van der Waals surface area contributed by atoms with E-state index >= 15 is 0 Å². The number of nitrogens with one attached hydrogen (secondary N) is 2. The predicted octanol–water partition coefficient (Wildman–Crippen LogP) is 3.08. The summed E-state index contributed by atoms with van der Waals surface area (Å²) in [6, 6.07) is 15.1. The molecule has 2 aromatic carbocycles. The molecule has 0 bridgehead atoms. The van der Waals surface area contributed by atoms with E-state index in [1.807, 2.05) is 55.5 Å². The average Bonchev–Trinajstić information content (AvgIpc) is 2.82. The Hall–Kier alpha value is -3.16. The Bertz CT molecular complexity index is 906. The van der Waals surface area contributed by atoms with Crippen LogP contribution < -0.4 is 15.4 Å². The predicted molar refractivity (Wildman–Crippen MR) is 125 cm³/mol. The smallest absolute Gasteiger partial charge is 0.244 e. The number of amides is 2. The number of morpholine rings is 1. The summed E-state index contributed by atoms with van der Waals surface area (Å²) >= 11 is 0. The number of carbonyl (C=O) groups is 2. The monoisotopic (exact) mass is 437 g/mol. The van der Waals surface area contributed by atoms with Crippen LogP contribution in [-0.4, -0.2) is 56.2 Å². The van der Waals surface area contributed by atoms with Gasteiger partial charge in [0.2, 0.25) is 11.8 Å². The first-order chi connectivity index (χ1) is 15.6. The zero-order valence-corrected chi connectivity index (χ0v) is 18.5. The van der Waals surface area contributed by atoms with E-state index in [0.29, 0.717) is 19.6 Å². The number of carbonyl (C=O) groups excluding carboxylic acids is 2. The normalized spacial score (nSPS) is 14.3. The van der Waals surface area contributed by atoms with Gasteiger partial charge in [0.1, 0.15) is 5.75 Å². The Morgan fingerprint density at radius 3 is 2.66 bits per heavy atom. The first-order valence-corrected chi connectivity index (χ1v) is 11.0. The Morgan fingerprint density at radius 2 is 1.91 bits per heavy atom. The van der Waals surface area contributed by atoms with Crippen LogP contribution >= 0.6 is 0 Å². The molecule has 1 saturated heterocycles. The Balaban J connectivity index is 1.42. The summed E-state index contributed by atoms with van der Waals surface area (Å²) in [5.41, 5.74) is 2.57. The Labute approximate surface area is 189 Å². The van der Waals surface area contributed by atoms with Gasteiger partial charge in [-0.1, -0.05) is 24.3 Å². The molecule has 2 aromatic rings. The van der Waals surface area contributed by atoms with Crippen LogP contribution in [0, 0.1) is 0 Å². The number of rotatable bonds is 10. The van der Waals surface area contributed by atoms with Gasteiger partial charge in [-0.3, -0.25) is 14.5 Å². The second kappa shape index (κ2) is 12.6. The number of hydrogen-bond acceptors (Lipinski definition) is 5. The van der Waals surface area contributed by atoms with E-state index in [2.05, 4.69) is 15.5 Å². The highest BCUT2D eigenvalue weighted by molar-refractivity contribution is 5.92. The van der Waals surface area contributed by atoms with Crippen molar-refractivity contribution < 1.29 is 19.1 Å². The lowest BCUT2D eigenvalue weighted by atomic mass is 10.2. The van der Waals surface area contributed by atoms with Gasteiger partial charge in [0.15, 0.2) is 0 Å². The van der Waals surface area contributed by atoms with Crippen LogP contribution in [-0.2, 0) is 20.9 Å². The second-order valence-corrected chi connectivity index (χ2v) is 7.51. The number of benzene rings is 2. The molecular formula is C25H31N3O4. The van der Waals surface area contributed by atoms with Crippen molar-refractivity contribution in [2.45, 2.75) is 19.9 Å². The molecule has 7 nitrogen and oxygen atoms in total. The van der Waals surface area contributed by atoms with Crippen molar-refractivity contribution in [1.82, 2.24) is 10.2 Å². The van der Waals surface area contributed by atoms with Gasteiger partial charge in [0, 0.05) is 44.4 Å². The van der Waals surface area contributed by atoms with E-state index < -0.39 is 0 Å². The fraction of sp³-hybridized carbons (Fsp3) is 0.360. The summed E-state index contributed by atoms with van der Waals surface area (Å²) in [7, 11) is 0. The standard InChI is InChI=1S/C25H31N3O4/c1-2-32-23-9-6-20(7-10-23)8-11-24(29)26-19-21-4-3-5-22(18-21)27-25(30)12-13-28-14-16-31-17-15-28/h3-11,18H,2,12-17,19H2,1H3,(H,26,29)(H,27,30)/b11-8+. The second-order valence-electron chi connectivity index (χ2n) is 7.51. The SMILES string of the molecule is CCOc1ccc(/C=C/C(=O)NCc2cccc(NC(=O)CCN3CCOCC3)c2)cc1. The van der Waals surface area contributed by atoms with Crippen molar-refractivity contribution in [3.05, 3.63) is 65.7 Å². The van der Waals surface area contributed by atoms with Crippen LogP contribution in [0.1, 0.15) is 24.5 Å². The molecular weight excluding hydrogens is 406 g/mol. The number of anilines is 1. The third-order valence-corrected chi connectivity index (χ3v) is 5.05. The van der Waals surface area contributed by atoms with Crippen LogP contribution in [0.5, 0.6) is 5.75 Å².